The number of hydrogen-bond donors (Lipinski definition) is 0. The number of benzene rings is 2. The average Bonchev–Trinajstić information content (AvgIpc) is 2.60. The number of likely N-dealkylation sites (N-methyl/N-ethyl adjacent to an activating group) is 1. The van der Waals surface area contributed by atoms with Gasteiger partial charge in [0.25, 0.3) is 0 Å². The molecule has 0 aliphatic carbocycles. The number of hydrogen-bond acceptors (Lipinski definition) is 3. The van der Waals surface area contributed by atoms with Crippen LogP contribution in [0.5, 0.6) is 0 Å². The van der Waals surface area contributed by atoms with Gasteiger partial charge in [-0.1, -0.05) is 48.0 Å². The lowest BCUT2D eigenvalue weighted by Crippen LogP contribution is -2.49. The monoisotopic (exact) mass is 334 g/mol. The van der Waals surface area contributed by atoms with Crippen LogP contribution >= 0.6 is 0 Å². The lowest BCUT2D eigenvalue weighted by molar-refractivity contribution is 0.160. The van der Waals surface area contributed by atoms with Gasteiger partial charge in [0.1, 0.15) is 0 Å². The Morgan fingerprint density at radius 1 is 1.04 bits per heavy atom. The number of piperazine rings is 1. The summed E-state index contributed by atoms with van der Waals surface area (Å²) in [5.74, 6) is 0. The topological polar surface area (TPSA) is 40.6 Å². The van der Waals surface area contributed by atoms with E-state index in [9.17, 15) is 8.42 Å². The van der Waals surface area contributed by atoms with Gasteiger partial charge in [0.05, 0.1) is 10.9 Å². The van der Waals surface area contributed by atoms with Gasteiger partial charge in [-0.05, 0) is 31.7 Å². The van der Waals surface area contributed by atoms with Crippen LogP contribution in [0.25, 0.3) is 0 Å². The normalized spacial score (nSPS) is 27.5. The minimum Gasteiger partial charge on any atom is -0.303 e. The number of aryl methyl sites for hydroxylation is 1. The zero-order valence-electron chi connectivity index (χ0n) is 17.1. The van der Waals surface area contributed by atoms with E-state index in [-0.39, 0.29) is 11.4 Å². The van der Waals surface area contributed by atoms with Crippen molar-refractivity contribution in [1.29, 1.82) is 0 Å². The van der Waals surface area contributed by atoms with E-state index in [1.54, 1.807) is 42.5 Å². The molecule has 1 aliphatic rings. The summed E-state index contributed by atoms with van der Waals surface area (Å²) in [6.07, 6.45) is 0. The Balaban J connectivity index is 2.20. The summed E-state index contributed by atoms with van der Waals surface area (Å²) in [6.45, 7) is -3.40. The van der Waals surface area contributed by atoms with Crippen molar-refractivity contribution in [3.8, 4) is 0 Å². The van der Waals surface area contributed by atoms with Crippen LogP contribution in [-0.4, -0.2) is 44.2 Å². The van der Waals surface area contributed by atoms with Gasteiger partial charge in [0.2, 0.25) is 10.0 Å². The Kier molecular flexibility index (Phi) is 3.30. The van der Waals surface area contributed by atoms with E-state index in [1.165, 1.54) is 24.1 Å². The van der Waals surface area contributed by atoms with Crippen molar-refractivity contribution in [2.75, 3.05) is 26.6 Å². The summed E-state index contributed by atoms with van der Waals surface area (Å²) in [6, 6.07) is 14.0. The van der Waals surface area contributed by atoms with Gasteiger partial charge in [-0.3, -0.25) is 0 Å². The van der Waals surface area contributed by atoms with E-state index in [2.05, 4.69) is 0 Å². The van der Waals surface area contributed by atoms with Gasteiger partial charge in [0, 0.05) is 25.0 Å². The first-order valence-electron chi connectivity index (χ1n) is 9.37. The van der Waals surface area contributed by atoms with Gasteiger partial charge in [-0.15, -0.1) is 0 Å². The molecule has 1 saturated heterocycles. The molecule has 0 spiro atoms. The second-order valence-corrected chi connectivity index (χ2v) is 7.46. The molecule has 23 heavy (non-hydrogen) atoms. The highest BCUT2D eigenvalue weighted by Gasteiger charge is 2.35. The van der Waals surface area contributed by atoms with Gasteiger partial charge in [-0.2, -0.15) is 4.31 Å². The van der Waals surface area contributed by atoms with E-state index in [0.717, 1.165) is 5.56 Å². The molecule has 2 aromatic rings. The second-order valence-electron chi connectivity index (χ2n) is 5.64. The molecule has 0 bridgehead atoms. The highest BCUT2D eigenvalue weighted by atomic mass is 32.2. The summed E-state index contributed by atoms with van der Waals surface area (Å²) in [5, 5.41) is 0. The van der Waals surface area contributed by atoms with Gasteiger partial charge < -0.3 is 4.90 Å². The Hall–Kier alpha value is -1.69. The summed E-state index contributed by atoms with van der Waals surface area (Å²) in [4.78, 5) is 1.17. The largest absolute Gasteiger partial charge is 0.303 e. The van der Waals surface area contributed by atoms with Crippen molar-refractivity contribution in [1.82, 2.24) is 9.21 Å². The molecule has 4 nitrogen and oxygen atoms in total. The molecule has 122 valence electrons. The molecule has 1 atom stereocenters. The van der Waals surface area contributed by atoms with Gasteiger partial charge >= 0.3 is 0 Å². The predicted molar refractivity (Wildman–Crippen MR) is 91.8 cm³/mol. The highest BCUT2D eigenvalue weighted by molar-refractivity contribution is 7.89. The lowest BCUT2D eigenvalue weighted by atomic mass is 10.1. The third kappa shape index (κ3) is 3.32. The quantitative estimate of drug-likeness (QED) is 0.866. The molecule has 1 heterocycles. The summed E-state index contributed by atoms with van der Waals surface area (Å²) in [5.41, 5.74) is 1.49. The zero-order chi connectivity index (χ0) is 20.0. The van der Waals surface area contributed by atoms with E-state index in [1.807, 2.05) is 6.92 Å². The molecular weight excluding hydrogens is 308 g/mol. The molecule has 1 fully saturated rings. The molecule has 0 aromatic heterocycles. The van der Waals surface area contributed by atoms with Crippen LogP contribution in [0.2, 0.25) is 0 Å². The first kappa shape index (κ1) is 11.8. The SMILES string of the molecule is [2H]C1([2H])N(C)CC(c2ccccc2)N(S(=O)(=O)c2ccc(C)cc2)C1([2H])[2H]. The van der Waals surface area contributed by atoms with Crippen LogP contribution in [-0.2, 0) is 10.0 Å². The summed E-state index contributed by atoms with van der Waals surface area (Å²) >= 11 is 0. The first-order valence-corrected chi connectivity index (χ1v) is 8.81. The standard InChI is InChI=1S/C18H22N2O2S/c1-15-8-10-17(11-9-15)23(21,22)20-13-12-19(2)14-18(20)16-6-4-3-5-7-16/h3-11,18H,12-14H2,1-2H3/i12D2,13D2. The summed E-state index contributed by atoms with van der Waals surface area (Å²) < 4.78 is 60.8. The Morgan fingerprint density at radius 2 is 1.70 bits per heavy atom. The van der Waals surface area contributed by atoms with E-state index in [4.69, 9.17) is 5.48 Å². The van der Waals surface area contributed by atoms with Crippen molar-refractivity contribution < 1.29 is 13.9 Å². The fourth-order valence-corrected chi connectivity index (χ4v) is 3.95. The Bertz CT molecular complexity index is 918. The minimum atomic E-state index is -4.29. The number of sulfonamides is 1. The molecule has 0 radical (unpaired) electrons. The maximum absolute atomic E-state index is 13.4. The van der Waals surface area contributed by atoms with E-state index in [0.29, 0.717) is 9.87 Å². The van der Waals surface area contributed by atoms with Gasteiger partial charge in [0.15, 0.2) is 0 Å². The number of nitrogens with zero attached hydrogens (tertiary/aromatic N) is 2. The molecule has 2 aromatic carbocycles. The smallest absolute Gasteiger partial charge is 0.243 e. The molecule has 1 aliphatic heterocycles. The molecule has 0 N–H and O–H groups in total. The molecule has 1 unspecified atom stereocenters. The van der Waals surface area contributed by atoms with Crippen molar-refractivity contribution in [3.63, 3.8) is 0 Å². The van der Waals surface area contributed by atoms with Crippen LogP contribution in [0.1, 0.15) is 22.7 Å². The van der Waals surface area contributed by atoms with Crippen LogP contribution in [0.4, 0.5) is 0 Å². The van der Waals surface area contributed by atoms with Crippen molar-refractivity contribution in [2.45, 2.75) is 17.9 Å². The minimum absolute atomic E-state index is 0.0294. The molecular formula is C18H22N2O2S. The maximum atomic E-state index is 13.4. The average molecular weight is 334 g/mol. The fourth-order valence-electron chi connectivity index (χ4n) is 2.56. The third-order valence-electron chi connectivity index (χ3n) is 3.84. The third-order valence-corrected chi connectivity index (χ3v) is 5.57. The van der Waals surface area contributed by atoms with Gasteiger partial charge in [-0.25, -0.2) is 8.42 Å². The van der Waals surface area contributed by atoms with E-state index >= 15 is 0 Å². The predicted octanol–water partition coefficient (Wildman–Crippen LogP) is 2.67. The lowest BCUT2D eigenvalue weighted by Gasteiger charge is -2.39. The van der Waals surface area contributed by atoms with Crippen LogP contribution in [0.3, 0.4) is 0 Å². The number of rotatable bonds is 3. The Labute approximate surface area is 144 Å². The zero-order valence-corrected chi connectivity index (χ0v) is 13.9. The van der Waals surface area contributed by atoms with Crippen LogP contribution in [0.15, 0.2) is 59.5 Å². The second kappa shape index (κ2) is 6.43. The molecule has 0 amide bonds. The van der Waals surface area contributed by atoms with Crippen LogP contribution < -0.4 is 0 Å². The molecule has 0 saturated carbocycles. The highest BCUT2D eigenvalue weighted by Crippen LogP contribution is 2.30. The first-order chi connectivity index (χ1) is 12.5. The molecule has 5 heteroatoms. The Morgan fingerprint density at radius 3 is 2.35 bits per heavy atom. The summed E-state index contributed by atoms with van der Waals surface area (Å²) in [7, 11) is -2.82. The van der Waals surface area contributed by atoms with Crippen molar-refractivity contribution in [2.24, 2.45) is 0 Å². The maximum Gasteiger partial charge on any atom is 0.243 e. The van der Waals surface area contributed by atoms with Crippen molar-refractivity contribution >= 4 is 10.0 Å². The van der Waals surface area contributed by atoms with E-state index < -0.39 is 29.1 Å². The van der Waals surface area contributed by atoms with Crippen LogP contribution in [0, 0.1) is 6.92 Å². The fraction of sp³-hybridized carbons (Fsp3) is 0.333. The van der Waals surface area contributed by atoms with Crippen molar-refractivity contribution in [3.05, 3.63) is 65.7 Å². The molecule has 3 rings (SSSR count).